The largest absolute Gasteiger partial charge is 0.396 e. The summed E-state index contributed by atoms with van der Waals surface area (Å²) >= 11 is 6.34. The predicted octanol–water partition coefficient (Wildman–Crippen LogP) is 2.79. The third kappa shape index (κ3) is 4.56. The zero-order valence-electron chi connectivity index (χ0n) is 14.8. The van der Waals surface area contributed by atoms with E-state index >= 15 is 0 Å². The molecule has 8 heteroatoms. The van der Waals surface area contributed by atoms with Crippen molar-refractivity contribution >= 4 is 46.2 Å². The van der Waals surface area contributed by atoms with Crippen LogP contribution in [0.5, 0.6) is 0 Å². The Hall–Kier alpha value is -1.77. The number of hydrogen-bond acceptors (Lipinski definition) is 5. The molecule has 0 aromatic heterocycles. The first kappa shape index (κ1) is 20.0. The number of aliphatic hydroxyl groups excluding tert-OH is 1. The highest BCUT2D eigenvalue weighted by atomic mass is 32.2. The van der Waals surface area contributed by atoms with Crippen LogP contribution >= 0.6 is 24.0 Å². The third-order valence-corrected chi connectivity index (χ3v) is 6.15. The molecule has 3 rings (SSSR count). The molecule has 1 aromatic rings. The van der Waals surface area contributed by atoms with E-state index in [1.807, 2.05) is 0 Å². The van der Waals surface area contributed by atoms with Gasteiger partial charge in [-0.2, -0.15) is 0 Å². The molecule has 0 bridgehead atoms. The molecule has 2 amide bonds. The van der Waals surface area contributed by atoms with Crippen LogP contribution in [0.25, 0.3) is 6.08 Å². The Balaban J connectivity index is 1.72. The quantitative estimate of drug-likeness (QED) is 0.600. The second-order valence-corrected chi connectivity index (χ2v) is 8.21. The monoisotopic (exact) mass is 408 g/mol. The first-order valence-electron chi connectivity index (χ1n) is 8.91. The highest BCUT2D eigenvalue weighted by Crippen LogP contribution is 2.33. The number of thiocarbonyl (C=S) groups is 1. The van der Waals surface area contributed by atoms with Gasteiger partial charge in [0, 0.05) is 24.8 Å². The van der Waals surface area contributed by atoms with E-state index in [1.165, 1.54) is 17.0 Å². The van der Waals surface area contributed by atoms with Crippen LogP contribution in [0.1, 0.15) is 31.2 Å². The highest BCUT2D eigenvalue weighted by molar-refractivity contribution is 8.26. The number of carbonyl (C=O) groups excluding carboxylic acids is 2. The number of hydrogen-bond donors (Lipinski definition) is 1. The predicted molar refractivity (Wildman–Crippen MR) is 107 cm³/mol. The topological polar surface area (TPSA) is 60.9 Å². The summed E-state index contributed by atoms with van der Waals surface area (Å²) in [5.74, 6) is -0.965. The molecule has 1 N–H and O–H groups in total. The lowest BCUT2D eigenvalue weighted by Crippen LogP contribution is -2.49. The molecule has 144 valence electrons. The Bertz CT molecular complexity index is 782. The Morgan fingerprint density at radius 2 is 2.15 bits per heavy atom. The lowest BCUT2D eigenvalue weighted by atomic mass is 9.99. The van der Waals surface area contributed by atoms with E-state index in [4.69, 9.17) is 12.2 Å². The van der Waals surface area contributed by atoms with Crippen LogP contribution in [0.2, 0.25) is 0 Å². The minimum absolute atomic E-state index is 0.00334. The number of likely N-dealkylation sites (tertiary alicyclic amines) is 1. The van der Waals surface area contributed by atoms with Crippen LogP contribution in [-0.2, 0) is 9.59 Å². The van der Waals surface area contributed by atoms with Gasteiger partial charge in [0.25, 0.3) is 5.91 Å². The van der Waals surface area contributed by atoms with Gasteiger partial charge in [-0.3, -0.25) is 14.5 Å². The molecule has 1 atom stereocenters. The van der Waals surface area contributed by atoms with E-state index < -0.39 is 5.82 Å². The van der Waals surface area contributed by atoms with E-state index in [0.29, 0.717) is 27.8 Å². The number of piperidine rings is 1. The Kier molecular flexibility index (Phi) is 6.62. The third-order valence-electron chi connectivity index (χ3n) is 4.77. The maximum atomic E-state index is 13.8. The standard InChI is InChI=1S/C19H21FN2O3S2/c20-15-7-2-1-5-13(15)11-16-18(25)22(19(26)27-16)12-17(24)21-9-4-3-6-14(21)8-10-23/h1-2,5,7,11,14,23H,3-4,6,8-10,12H2/b16-11-/t14-/m1/s1. The normalized spacial score (nSPS) is 22.0. The molecule has 1 aromatic carbocycles. The molecule has 5 nitrogen and oxygen atoms in total. The van der Waals surface area contributed by atoms with Crippen LogP contribution < -0.4 is 0 Å². The fraction of sp³-hybridized carbons (Fsp3) is 0.421. The summed E-state index contributed by atoms with van der Waals surface area (Å²) in [7, 11) is 0. The second-order valence-electron chi connectivity index (χ2n) is 6.54. The van der Waals surface area contributed by atoms with Crippen LogP contribution in [0.15, 0.2) is 29.2 Å². The molecular weight excluding hydrogens is 387 g/mol. The van der Waals surface area contributed by atoms with Crippen molar-refractivity contribution in [3.05, 3.63) is 40.6 Å². The number of rotatable bonds is 5. The van der Waals surface area contributed by atoms with Gasteiger partial charge >= 0.3 is 0 Å². The van der Waals surface area contributed by atoms with Gasteiger partial charge in [-0.25, -0.2) is 4.39 Å². The summed E-state index contributed by atoms with van der Waals surface area (Å²) in [5.41, 5.74) is 0.309. The summed E-state index contributed by atoms with van der Waals surface area (Å²) in [4.78, 5) is 28.8. The number of halogens is 1. The average Bonchev–Trinajstić information content (AvgIpc) is 2.92. The van der Waals surface area contributed by atoms with E-state index in [2.05, 4.69) is 0 Å². The summed E-state index contributed by atoms with van der Waals surface area (Å²) in [6, 6.07) is 6.19. The zero-order valence-corrected chi connectivity index (χ0v) is 16.4. The Morgan fingerprint density at radius 3 is 2.89 bits per heavy atom. The Morgan fingerprint density at radius 1 is 1.37 bits per heavy atom. The van der Waals surface area contributed by atoms with Crippen molar-refractivity contribution in [2.24, 2.45) is 0 Å². The fourth-order valence-electron chi connectivity index (χ4n) is 3.37. The molecule has 2 heterocycles. The lowest BCUT2D eigenvalue weighted by molar-refractivity contribution is -0.138. The van der Waals surface area contributed by atoms with Gasteiger partial charge in [-0.1, -0.05) is 42.2 Å². The number of benzene rings is 1. The zero-order chi connectivity index (χ0) is 19.4. The Labute approximate surface area is 167 Å². The first-order valence-corrected chi connectivity index (χ1v) is 10.1. The van der Waals surface area contributed by atoms with E-state index in [1.54, 1.807) is 23.1 Å². The molecule has 2 aliphatic heterocycles. The van der Waals surface area contributed by atoms with Crippen LogP contribution in [0.4, 0.5) is 4.39 Å². The van der Waals surface area contributed by atoms with Gasteiger partial charge in [0.15, 0.2) is 0 Å². The number of thioether (sulfide) groups is 1. The van der Waals surface area contributed by atoms with Crippen LogP contribution in [0, 0.1) is 5.82 Å². The number of aliphatic hydroxyl groups is 1. The van der Waals surface area contributed by atoms with Crippen molar-refractivity contribution in [2.75, 3.05) is 19.7 Å². The second kappa shape index (κ2) is 8.95. The maximum absolute atomic E-state index is 13.8. The summed E-state index contributed by atoms with van der Waals surface area (Å²) in [6.07, 6.45) is 4.81. The minimum Gasteiger partial charge on any atom is -0.396 e. The van der Waals surface area contributed by atoms with Crippen molar-refractivity contribution in [1.29, 1.82) is 0 Å². The molecule has 0 spiro atoms. The van der Waals surface area contributed by atoms with Crippen molar-refractivity contribution in [1.82, 2.24) is 9.80 Å². The molecule has 0 unspecified atom stereocenters. The molecule has 0 aliphatic carbocycles. The number of nitrogens with zero attached hydrogens (tertiary/aromatic N) is 2. The smallest absolute Gasteiger partial charge is 0.266 e. The lowest BCUT2D eigenvalue weighted by Gasteiger charge is -2.36. The van der Waals surface area contributed by atoms with Crippen molar-refractivity contribution in [3.8, 4) is 0 Å². The fourth-order valence-corrected chi connectivity index (χ4v) is 4.62. The van der Waals surface area contributed by atoms with Crippen LogP contribution in [0.3, 0.4) is 0 Å². The summed E-state index contributed by atoms with van der Waals surface area (Å²) in [6.45, 7) is 0.533. The summed E-state index contributed by atoms with van der Waals surface area (Å²) in [5, 5.41) is 9.22. The van der Waals surface area contributed by atoms with Crippen molar-refractivity contribution in [3.63, 3.8) is 0 Å². The molecule has 2 fully saturated rings. The number of amides is 2. The molecule has 0 radical (unpaired) electrons. The van der Waals surface area contributed by atoms with Gasteiger partial charge in [-0.15, -0.1) is 0 Å². The van der Waals surface area contributed by atoms with E-state index in [0.717, 1.165) is 31.0 Å². The van der Waals surface area contributed by atoms with Crippen LogP contribution in [-0.4, -0.2) is 56.8 Å². The molecule has 2 aliphatic rings. The molecular formula is C19H21FN2O3S2. The van der Waals surface area contributed by atoms with Gasteiger partial charge in [0.05, 0.1) is 4.91 Å². The SMILES string of the molecule is O=C1/C(=C/c2ccccc2F)SC(=S)N1CC(=O)N1CCCC[C@@H]1CCO. The minimum atomic E-state index is -0.418. The summed E-state index contributed by atoms with van der Waals surface area (Å²) < 4.78 is 14.1. The van der Waals surface area contributed by atoms with E-state index in [9.17, 15) is 19.1 Å². The van der Waals surface area contributed by atoms with E-state index in [-0.39, 0.29) is 31.0 Å². The number of carbonyl (C=O) groups is 2. The van der Waals surface area contributed by atoms with Gasteiger partial charge in [-0.05, 0) is 37.8 Å². The maximum Gasteiger partial charge on any atom is 0.266 e. The van der Waals surface area contributed by atoms with Crippen molar-refractivity contribution < 1.29 is 19.1 Å². The highest BCUT2D eigenvalue weighted by Gasteiger charge is 2.36. The molecule has 27 heavy (non-hydrogen) atoms. The van der Waals surface area contributed by atoms with Crippen molar-refractivity contribution in [2.45, 2.75) is 31.7 Å². The molecule has 2 saturated heterocycles. The van der Waals surface area contributed by atoms with Gasteiger partial charge < -0.3 is 10.0 Å². The average molecular weight is 409 g/mol. The van der Waals surface area contributed by atoms with Gasteiger partial charge in [0.2, 0.25) is 5.91 Å². The molecule has 0 saturated carbocycles. The first-order chi connectivity index (χ1) is 13.0. The van der Waals surface area contributed by atoms with Gasteiger partial charge in [0.1, 0.15) is 16.7 Å².